The molecule has 0 radical (unpaired) electrons. The smallest absolute Gasteiger partial charge is 0.147 e. The van der Waals surface area contributed by atoms with E-state index in [1.54, 1.807) is 0 Å². The van der Waals surface area contributed by atoms with Gasteiger partial charge < -0.3 is 5.43 Å². The molecule has 0 amide bonds. The molecule has 0 bridgehead atoms. The van der Waals surface area contributed by atoms with Crippen LogP contribution in [0.3, 0.4) is 0 Å². The highest BCUT2D eigenvalue weighted by Crippen LogP contribution is 2.25. The number of nitrogens with zero attached hydrogens (tertiary/aromatic N) is 2. The summed E-state index contributed by atoms with van der Waals surface area (Å²) in [7, 11) is 0. The molecule has 0 atom stereocenters. The fraction of sp³-hybridized carbons (Fsp3) is 0.375. The Morgan fingerprint density at radius 3 is 2.45 bits per heavy atom. The van der Waals surface area contributed by atoms with Gasteiger partial charge in [-0.2, -0.15) is 0 Å². The molecule has 1 aromatic carbocycles. The minimum atomic E-state index is 0.341. The maximum absolute atomic E-state index is 5.61. The second-order valence-corrected chi connectivity index (χ2v) is 5.39. The van der Waals surface area contributed by atoms with Gasteiger partial charge in [0.25, 0.3) is 0 Å². The molecule has 2 rings (SSSR count). The largest absolute Gasteiger partial charge is 0.308 e. The van der Waals surface area contributed by atoms with E-state index in [1.165, 1.54) is 11.1 Å². The molecule has 0 saturated carbocycles. The van der Waals surface area contributed by atoms with Crippen LogP contribution in [0, 0.1) is 13.8 Å². The lowest BCUT2D eigenvalue weighted by atomic mass is 10.0. The van der Waals surface area contributed by atoms with E-state index >= 15 is 0 Å². The first-order chi connectivity index (χ1) is 9.52. The zero-order valence-electron chi connectivity index (χ0n) is 12.6. The van der Waals surface area contributed by atoms with Gasteiger partial charge in [0.05, 0.1) is 0 Å². The third kappa shape index (κ3) is 2.96. The average molecular weight is 270 g/mol. The Bertz CT molecular complexity index is 605. The lowest BCUT2D eigenvalue weighted by Gasteiger charge is -2.15. The molecule has 1 heterocycles. The summed E-state index contributed by atoms with van der Waals surface area (Å²) in [5.41, 5.74) is 7.28. The van der Waals surface area contributed by atoms with Crippen LogP contribution in [-0.2, 0) is 6.42 Å². The van der Waals surface area contributed by atoms with Gasteiger partial charge in [-0.05, 0) is 30.9 Å². The third-order valence-corrected chi connectivity index (χ3v) is 3.51. The molecule has 0 fully saturated rings. The second kappa shape index (κ2) is 6.01. The molecule has 0 spiro atoms. The van der Waals surface area contributed by atoms with E-state index in [0.717, 1.165) is 29.3 Å². The number of anilines is 1. The zero-order valence-corrected chi connectivity index (χ0v) is 12.6. The van der Waals surface area contributed by atoms with Gasteiger partial charge in [0.15, 0.2) is 0 Å². The van der Waals surface area contributed by atoms with Gasteiger partial charge >= 0.3 is 0 Å². The van der Waals surface area contributed by atoms with Gasteiger partial charge in [0.2, 0.25) is 0 Å². The van der Waals surface area contributed by atoms with Crippen LogP contribution in [0.2, 0.25) is 0 Å². The molecule has 1 aromatic heterocycles. The predicted octanol–water partition coefficient (Wildman–Crippen LogP) is 3.09. The van der Waals surface area contributed by atoms with Crippen molar-refractivity contribution in [3.05, 3.63) is 52.5 Å². The summed E-state index contributed by atoms with van der Waals surface area (Å²) in [4.78, 5) is 9.20. The summed E-state index contributed by atoms with van der Waals surface area (Å²) in [6, 6.07) is 8.30. The van der Waals surface area contributed by atoms with Crippen molar-refractivity contribution in [3.8, 4) is 0 Å². The van der Waals surface area contributed by atoms with E-state index < -0.39 is 0 Å². The predicted molar refractivity (Wildman–Crippen MR) is 82.7 cm³/mol. The number of nitrogens with two attached hydrogens (primary N) is 1. The Kier molecular flexibility index (Phi) is 4.35. The van der Waals surface area contributed by atoms with Crippen molar-refractivity contribution in [2.24, 2.45) is 5.84 Å². The maximum Gasteiger partial charge on any atom is 0.147 e. The molecule has 0 aliphatic carbocycles. The highest BCUT2D eigenvalue weighted by Gasteiger charge is 2.14. The van der Waals surface area contributed by atoms with Crippen molar-refractivity contribution in [2.75, 3.05) is 5.43 Å². The van der Waals surface area contributed by atoms with Crippen LogP contribution in [-0.4, -0.2) is 9.97 Å². The topological polar surface area (TPSA) is 63.8 Å². The second-order valence-electron chi connectivity index (χ2n) is 5.39. The quantitative estimate of drug-likeness (QED) is 0.662. The number of nitrogens with one attached hydrogen (secondary N) is 1. The Morgan fingerprint density at radius 2 is 1.85 bits per heavy atom. The van der Waals surface area contributed by atoms with Crippen molar-refractivity contribution in [3.63, 3.8) is 0 Å². The SMILES string of the molecule is Cc1ccccc1Cc1nc(C)c(C(C)C)c(NN)n1. The van der Waals surface area contributed by atoms with E-state index in [2.05, 4.69) is 48.3 Å². The standard InChI is InChI=1S/C16H22N4/c1-10(2)15-12(4)18-14(19-16(15)20-17)9-13-8-6-5-7-11(13)3/h5-8,10H,9,17H2,1-4H3,(H,18,19,20). The minimum absolute atomic E-state index is 0.341. The monoisotopic (exact) mass is 270 g/mol. The van der Waals surface area contributed by atoms with E-state index in [4.69, 9.17) is 5.84 Å². The first-order valence-electron chi connectivity index (χ1n) is 6.91. The fourth-order valence-electron chi connectivity index (χ4n) is 2.50. The first kappa shape index (κ1) is 14.5. The minimum Gasteiger partial charge on any atom is -0.308 e. The zero-order chi connectivity index (χ0) is 14.7. The molecule has 4 heteroatoms. The molecule has 106 valence electrons. The summed E-state index contributed by atoms with van der Waals surface area (Å²) in [6.45, 7) is 8.35. The van der Waals surface area contributed by atoms with Gasteiger partial charge in [-0.3, -0.25) is 0 Å². The number of rotatable bonds is 4. The van der Waals surface area contributed by atoms with Gasteiger partial charge in [-0.25, -0.2) is 15.8 Å². The number of nitrogen functional groups attached to an aromatic ring is 1. The molecule has 2 aromatic rings. The average Bonchev–Trinajstić information content (AvgIpc) is 2.40. The molecule has 0 aliphatic rings. The molecule has 20 heavy (non-hydrogen) atoms. The summed E-state index contributed by atoms with van der Waals surface area (Å²) in [6.07, 6.45) is 0.723. The van der Waals surface area contributed by atoms with Gasteiger partial charge in [0.1, 0.15) is 11.6 Å². The number of hydrogen-bond donors (Lipinski definition) is 2. The molecule has 4 nitrogen and oxygen atoms in total. The first-order valence-corrected chi connectivity index (χ1v) is 6.91. The summed E-state index contributed by atoms with van der Waals surface area (Å²) >= 11 is 0. The van der Waals surface area contributed by atoms with Crippen LogP contribution >= 0.6 is 0 Å². The van der Waals surface area contributed by atoms with Crippen molar-refractivity contribution in [1.29, 1.82) is 0 Å². The Balaban J connectivity index is 2.39. The highest BCUT2D eigenvalue weighted by atomic mass is 15.3. The van der Waals surface area contributed by atoms with Crippen LogP contribution in [0.15, 0.2) is 24.3 Å². The molecule has 3 N–H and O–H groups in total. The van der Waals surface area contributed by atoms with Crippen molar-refractivity contribution < 1.29 is 0 Å². The van der Waals surface area contributed by atoms with Crippen LogP contribution in [0.25, 0.3) is 0 Å². The van der Waals surface area contributed by atoms with E-state index in [1.807, 2.05) is 19.1 Å². The van der Waals surface area contributed by atoms with Crippen molar-refractivity contribution >= 4 is 5.82 Å². The van der Waals surface area contributed by atoms with Crippen LogP contribution < -0.4 is 11.3 Å². The molecular weight excluding hydrogens is 248 g/mol. The molecule has 0 saturated heterocycles. The summed E-state index contributed by atoms with van der Waals surface area (Å²) < 4.78 is 0. The number of hydrazine groups is 1. The van der Waals surface area contributed by atoms with Crippen LogP contribution in [0.5, 0.6) is 0 Å². The number of aryl methyl sites for hydroxylation is 2. The number of aromatic nitrogens is 2. The van der Waals surface area contributed by atoms with Crippen molar-refractivity contribution in [1.82, 2.24) is 9.97 Å². The summed E-state index contributed by atoms with van der Waals surface area (Å²) in [5, 5.41) is 0. The Hall–Kier alpha value is -1.94. The van der Waals surface area contributed by atoms with E-state index in [-0.39, 0.29) is 0 Å². The molecule has 0 aliphatic heterocycles. The molecule has 0 unspecified atom stereocenters. The van der Waals surface area contributed by atoms with E-state index in [0.29, 0.717) is 5.92 Å². The van der Waals surface area contributed by atoms with Gasteiger partial charge in [0, 0.05) is 17.7 Å². The summed E-state index contributed by atoms with van der Waals surface area (Å²) in [5.74, 6) is 7.48. The number of hydrogen-bond acceptors (Lipinski definition) is 4. The maximum atomic E-state index is 5.61. The normalized spacial score (nSPS) is 10.9. The Morgan fingerprint density at radius 1 is 1.15 bits per heavy atom. The third-order valence-electron chi connectivity index (χ3n) is 3.51. The Labute approximate surface area is 120 Å². The highest BCUT2D eigenvalue weighted by molar-refractivity contribution is 5.47. The lowest BCUT2D eigenvalue weighted by Crippen LogP contribution is -2.16. The van der Waals surface area contributed by atoms with Crippen molar-refractivity contribution in [2.45, 2.75) is 40.0 Å². The molecular formula is C16H22N4. The van der Waals surface area contributed by atoms with Gasteiger partial charge in [-0.1, -0.05) is 38.1 Å². The van der Waals surface area contributed by atoms with Crippen LogP contribution in [0.1, 0.15) is 48.0 Å². The lowest BCUT2D eigenvalue weighted by molar-refractivity contribution is 0.811. The van der Waals surface area contributed by atoms with Crippen LogP contribution in [0.4, 0.5) is 5.82 Å². The van der Waals surface area contributed by atoms with Gasteiger partial charge in [-0.15, -0.1) is 0 Å². The number of benzene rings is 1. The fourth-order valence-corrected chi connectivity index (χ4v) is 2.50. The van der Waals surface area contributed by atoms with E-state index in [9.17, 15) is 0 Å².